The number of pyridine rings is 1. The second kappa shape index (κ2) is 5.85. The highest BCUT2D eigenvalue weighted by Gasteiger charge is 2.03. The van der Waals surface area contributed by atoms with Crippen molar-refractivity contribution in [3.8, 4) is 6.07 Å². The van der Waals surface area contributed by atoms with E-state index in [0.29, 0.717) is 11.4 Å². The number of nitrogen functional groups attached to an aromatic ring is 1. The fraction of sp³-hybridized carbons (Fsp3) is 0.143. The molecule has 1 aromatic carbocycles. The molecule has 0 aliphatic heterocycles. The molecule has 0 unspecified atom stereocenters. The number of hydrogen-bond acceptors (Lipinski definition) is 5. The van der Waals surface area contributed by atoms with Gasteiger partial charge in [0.25, 0.3) is 0 Å². The number of nitrogens with two attached hydrogens (primary N) is 1. The molecule has 5 heteroatoms. The van der Waals surface area contributed by atoms with Crippen LogP contribution in [0.3, 0.4) is 0 Å². The van der Waals surface area contributed by atoms with Crippen molar-refractivity contribution in [3.05, 3.63) is 53.7 Å². The highest BCUT2D eigenvalue weighted by Crippen LogP contribution is 2.17. The van der Waals surface area contributed by atoms with E-state index in [1.807, 2.05) is 43.4 Å². The van der Waals surface area contributed by atoms with Crippen molar-refractivity contribution in [2.24, 2.45) is 5.84 Å². The fourth-order valence-corrected chi connectivity index (χ4v) is 1.81. The summed E-state index contributed by atoms with van der Waals surface area (Å²) in [6, 6.07) is 13.4. The summed E-state index contributed by atoms with van der Waals surface area (Å²) >= 11 is 0. The number of rotatable bonds is 4. The van der Waals surface area contributed by atoms with Gasteiger partial charge < -0.3 is 10.3 Å². The van der Waals surface area contributed by atoms with Gasteiger partial charge in [-0.05, 0) is 42.0 Å². The molecule has 2 rings (SSSR count). The Morgan fingerprint density at radius 2 is 2.05 bits per heavy atom. The van der Waals surface area contributed by atoms with E-state index in [1.165, 1.54) is 0 Å². The van der Waals surface area contributed by atoms with Crippen molar-refractivity contribution in [1.29, 1.82) is 5.26 Å². The molecule has 0 spiro atoms. The number of hydrazine groups is 1. The van der Waals surface area contributed by atoms with Crippen LogP contribution in [-0.2, 0) is 6.54 Å². The average Bonchev–Trinajstić information content (AvgIpc) is 2.47. The predicted octanol–water partition coefficient (Wildman–Crippen LogP) is 1.88. The van der Waals surface area contributed by atoms with Crippen LogP contribution < -0.4 is 16.2 Å². The Bertz CT molecular complexity index is 586. The van der Waals surface area contributed by atoms with Gasteiger partial charge in [0, 0.05) is 25.5 Å². The second-order valence-corrected chi connectivity index (χ2v) is 4.21. The number of hydrogen-bond donors (Lipinski definition) is 2. The standard InChI is InChI=1S/C14H15N5/c1-19(13-4-2-11(9-15)3-5-13)10-12-6-7-17-14(8-12)18-16/h2-8H,10,16H2,1H3,(H,17,18). The molecule has 3 N–H and O–H groups in total. The molecule has 2 aromatic rings. The first-order valence-electron chi connectivity index (χ1n) is 5.86. The molecule has 5 nitrogen and oxygen atoms in total. The third kappa shape index (κ3) is 3.21. The predicted molar refractivity (Wildman–Crippen MR) is 75.3 cm³/mol. The van der Waals surface area contributed by atoms with Crippen molar-refractivity contribution >= 4 is 11.5 Å². The molecule has 0 aliphatic rings. The SMILES string of the molecule is CN(Cc1ccnc(NN)c1)c1ccc(C#N)cc1. The van der Waals surface area contributed by atoms with Crippen molar-refractivity contribution in [2.75, 3.05) is 17.4 Å². The Hall–Kier alpha value is -2.58. The Balaban J connectivity index is 2.11. The van der Waals surface area contributed by atoms with Crippen LogP contribution in [0.4, 0.5) is 11.5 Å². The lowest BCUT2D eigenvalue weighted by molar-refractivity contribution is 0.919. The molecule has 0 saturated carbocycles. The summed E-state index contributed by atoms with van der Waals surface area (Å²) in [6.07, 6.45) is 1.72. The maximum Gasteiger partial charge on any atom is 0.140 e. The average molecular weight is 253 g/mol. The highest BCUT2D eigenvalue weighted by molar-refractivity contribution is 5.50. The van der Waals surface area contributed by atoms with E-state index in [1.54, 1.807) is 6.20 Å². The van der Waals surface area contributed by atoms with E-state index >= 15 is 0 Å². The van der Waals surface area contributed by atoms with Gasteiger partial charge in [0.05, 0.1) is 11.6 Å². The molecule has 0 aliphatic carbocycles. The molecule has 0 saturated heterocycles. The minimum atomic E-state index is 0.644. The van der Waals surface area contributed by atoms with Crippen molar-refractivity contribution in [2.45, 2.75) is 6.54 Å². The topological polar surface area (TPSA) is 78.0 Å². The zero-order chi connectivity index (χ0) is 13.7. The zero-order valence-electron chi connectivity index (χ0n) is 10.7. The minimum absolute atomic E-state index is 0.644. The molecule has 0 fully saturated rings. The number of nitrogens with one attached hydrogen (secondary N) is 1. The Kier molecular flexibility index (Phi) is 3.96. The third-order valence-corrected chi connectivity index (χ3v) is 2.83. The van der Waals surface area contributed by atoms with Gasteiger partial charge in [0.1, 0.15) is 5.82 Å². The lowest BCUT2D eigenvalue weighted by Crippen LogP contribution is -2.17. The van der Waals surface area contributed by atoms with Crippen LogP contribution in [0.25, 0.3) is 0 Å². The molecular weight excluding hydrogens is 238 g/mol. The summed E-state index contributed by atoms with van der Waals surface area (Å²) in [6.45, 7) is 0.739. The van der Waals surface area contributed by atoms with Crippen LogP contribution in [0.15, 0.2) is 42.6 Å². The lowest BCUT2D eigenvalue weighted by atomic mass is 10.2. The normalized spacial score (nSPS) is 9.74. The summed E-state index contributed by atoms with van der Waals surface area (Å²) in [7, 11) is 2.00. The Morgan fingerprint density at radius 1 is 1.32 bits per heavy atom. The fourth-order valence-electron chi connectivity index (χ4n) is 1.81. The van der Waals surface area contributed by atoms with Gasteiger partial charge in [-0.3, -0.25) is 0 Å². The van der Waals surface area contributed by atoms with Crippen LogP contribution in [0.1, 0.15) is 11.1 Å². The number of aromatic nitrogens is 1. The van der Waals surface area contributed by atoms with E-state index in [2.05, 4.69) is 21.4 Å². The van der Waals surface area contributed by atoms with E-state index in [9.17, 15) is 0 Å². The summed E-state index contributed by atoms with van der Waals surface area (Å²) < 4.78 is 0. The van der Waals surface area contributed by atoms with Gasteiger partial charge in [0.15, 0.2) is 0 Å². The van der Waals surface area contributed by atoms with Gasteiger partial charge in [-0.1, -0.05) is 0 Å². The summed E-state index contributed by atoms with van der Waals surface area (Å²) in [5.41, 5.74) is 5.35. The van der Waals surface area contributed by atoms with E-state index in [4.69, 9.17) is 11.1 Å². The maximum absolute atomic E-state index is 8.77. The molecule has 19 heavy (non-hydrogen) atoms. The largest absolute Gasteiger partial charge is 0.370 e. The monoisotopic (exact) mass is 253 g/mol. The van der Waals surface area contributed by atoms with Gasteiger partial charge in [-0.15, -0.1) is 0 Å². The van der Waals surface area contributed by atoms with Gasteiger partial charge in [-0.25, -0.2) is 10.8 Å². The van der Waals surface area contributed by atoms with Crippen LogP contribution in [0.2, 0.25) is 0 Å². The van der Waals surface area contributed by atoms with Crippen LogP contribution in [0.5, 0.6) is 0 Å². The van der Waals surface area contributed by atoms with Crippen molar-refractivity contribution < 1.29 is 0 Å². The first kappa shape index (κ1) is 12.9. The van der Waals surface area contributed by atoms with Crippen LogP contribution in [0, 0.1) is 11.3 Å². The van der Waals surface area contributed by atoms with Crippen LogP contribution in [-0.4, -0.2) is 12.0 Å². The van der Waals surface area contributed by atoms with Crippen molar-refractivity contribution in [1.82, 2.24) is 4.98 Å². The summed E-state index contributed by atoms with van der Waals surface area (Å²) in [4.78, 5) is 6.16. The highest BCUT2D eigenvalue weighted by atomic mass is 15.2. The molecule has 0 atom stereocenters. The molecule has 0 amide bonds. The first-order valence-corrected chi connectivity index (χ1v) is 5.86. The number of nitriles is 1. The minimum Gasteiger partial charge on any atom is -0.370 e. The zero-order valence-corrected chi connectivity index (χ0v) is 10.7. The quantitative estimate of drug-likeness (QED) is 0.642. The van der Waals surface area contributed by atoms with E-state index < -0.39 is 0 Å². The van der Waals surface area contributed by atoms with E-state index in [-0.39, 0.29) is 0 Å². The van der Waals surface area contributed by atoms with E-state index in [0.717, 1.165) is 17.8 Å². The summed E-state index contributed by atoms with van der Waals surface area (Å²) in [5, 5.41) is 8.77. The molecule has 0 radical (unpaired) electrons. The molecule has 96 valence electrons. The first-order chi connectivity index (χ1) is 9.22. The van der Waals surface area contributed by atoms with Crippen molar-refractivity contribution in [3.63, 3.8) is 0 Å². The Morgan fingerprint density at radius 3 is 2.68 bits per heavy atom. The maximum atomic E-state index is 8.77. The second-order valence-electron chi connectivity index (χ2n) is 4.21. The molecule has 1 aromatic heterocycles. The number of anilines is 2. The smallest absolute Gasteiger partial charge is 0.140 e. The summed E-state index contributed by atoms with van der Waals surface area (Å²) in [5.74, 6) is 5.98. The van der Waals surface area contributed by atoms with Gasteiger partial charge in [-0.2, -0.15) is 5.26 Å². The van der Waals surface area contributed by atoms with Gasteiger partial charge in [0.2, 0.25) is 0 Å². The lowest BCUT2D eigenvalue weighted by Gasteiger charge is -2.19. The number of nitrogens with zero attached hydrogens (tertiary/aromatic N) is 3. The number of benzene rings is 1. The molecule has 1 heterocycles. The Labute approximate surface area is 112 Å². The van der Waals surface area contributed by atoms with Crippen LogP contribution >= 0.6 is 0 Å². The third-order valence-electron chi connectivity index (χ3n) is 2.83. The molecule has 0 bridgehead atoms. The van der Waals surface area contributed by atoms with Gasteiger partial charge >= 0.3 is 0 Å². The molecular formula is C14H15N5.